The van der Waals surface area contributed by atoms with Gasteiger partial charge in [0.25, 0.3) is 0 Å². The first-order valence-corrected chi connectivity index (χ1v) is 8.63. The van der Waals surface area contributed by atoms with Crippen molar-refractivity contribution < 1.29 is 4.39 Å². The number of benzene rings is 1. The number of halogens is 1. The van der Waals surface area contributed by atoms with Gasteiger partial charge >= 0.3 is 0 Å². The van der Waals surface area contributed by atoms with Crippen LogP contribution in [0.3, 0.4) is 0 Å². The van der Waals surface area contributed by atoms with Crippen LogP contribution in [0.15, 0.2) is 28.5 Å². The van der Waals surface area contributed by atoms with Gasteiger partial charge in [0.05, 0.1) is 6.04 Å². The number of hydrogen-bond donors (Lipinski definition) is 1. The summed E-state index contributed by atoms with van der Waals surface area (Å²) in [7, 11) is 0. The molecule has 0 aliphatic rings. The molecular weight excluding hydrogens is 291 g/mol. The molecule has 0 spiro atoms. The van der Waals surface area contributed by atoms with Gasteiger partial charge in [0.1, 0.15) is 10.8 Å². The largest absolute Gasteiger partial charge is 0.302 e. The number of aryl methyl sites for hydroxylation is 1. The molecule has 2 nitrogen and oxygen atoms in total. The SMILES string of the molecule is CSc1ccc([C@@H](C)N[C@H](C)c2nc(C)cs2)cc1F. The van der Waals surface area contributed by atoms with E-state index in [1.165, 1.54) is 11.8 Å². The lowest BCUT2D eigenvalue weighted by Gasteiger charge is -2.19. The Kier molecular flexibility index (Phi) is 5.18. The van der Waals surface area contributed by atoms with Crippen LogP contribution in [-0.4, -0.2) is 11.2 Å². The molecule has 1 aromatic heterocycles. The number of thiazole rings is 1. The van der Waals surface area contributed by atoms with Crippen LogP contribution in [0, 0.1) is 12.7 Å². The molecule has 0 saturated carbocycles. The van der Waals surface area contributed by atoms with E-state index in [-0.39, 0.29) is 17.9 Å². The van der Waals surface area contributed by atoms with Crippen LogP contribution < -0.4 is 5.32 Å². The highest BCUT2D eigenvalue weighted by Gasteiger charge is 2.15. The summed E-state index contributed by atoms with van der Waals surface area (Å²) in [4.78, 5) is 5.17. The maximum atomic E-state index is 13.8. The molecule has 0 fully saturated rings. The van der Waals surface area contributed by atoms with E-state index < -0.39 is 0 Å². The summed E-state index contributed by atoms with van der Waals surface area (Å²) in [6.07, 6.45) is 1.88. The molecule has 0 aliphatic heterocycles. The molecule has 0 amide bonds. The van der Waals surface area contributed by atoms with Gasteiger partial charge in [0.2, 0.25) is 0 Å². The van der Waals surface area contributed by atoms with Crippen molar-refractivity contribution in [1.82, 2.24) is 10.3 Å². The summed E-state index contributed by atoms with van der Waals surface area (Å²) in [5.41, 5.74) is 2.00. The smallest absolute Gasteiger partial charge is 0.137 e. The van der Waals surface area contributed by atoms with Gasteiger partial charge in [0.15, 0.2) is 0 Å². The van der Waals surface area contributed by atoms with Crippen LogP contribution in [0.25, 0.3) is 0 Å². The van der Waals surface area contributed by atoms with Gasteiger partial charge in [-0.25, -0.2) is 9.37 Å². The van der Waals surface area contributed by atoms with Gasteiger partial charge in [-0.3, -0.25) is 0 Å². The highest BCUT2D eigenvalue weighted by Crippen LogP contribution is 2.25. The molecule has 0 radical (unpaired) electrons. The lowest BCUT2D eigenvalue weighted by atomic mass is 10.1. The molecule has 2 atom stereocenters. The minimum absolute atomic E-state index is 0.0830. The molecule has 5 heteroatoms. The minimum atomic E-state index is -0.151. The first-order valence-electron chi connectivity index (χ1n) is 6.52. The Balaban J connectivity index is 2.07. The van der Waals surface area contributed by atoms with Crippen LogP contribution in [0.4, 0.5) is 4.39 Å². The Bertz CT molecular complexity index is 583. The Labute approximate surface area is 127 Å². The van der Waals surface area contributed by atoms with Gasteiger partial charge in [-0.2, -0.15) is 0 Å². The summed E-state index contributed by atoms with van der Waals surface area (Å²) in [6.45, 7) is 6.12. The van der Waals surface area contributed by atoms with Crippen molar-refractivity contribution in [2.75, 3.05) is 6.26 Å². The Morgan fingerprint density at radius 2 is 2.05 bits per heavy atom. The van der Waals surface area contributed by atoms with Crippen LogP contribution in [0.2, 0.25) is 0 Å². The summed E-state index contributed by atoms with van der Waals surface area (Å²) < 4.78 is 13.8. The molecule has 2 rings (SSSR count). The molecule has 0 bridgehead atoms. The zero-order valence-corrected chi connectivity index (χ0v) is 13.7. The van der Waals surface area contributed by atoms with Gasteiger partial charge in [-0.05, 0) is 44.7 Å². The quantitative estimate of drug-likeness (QED) is 0.809. The van der Waals surface area contributed by atoms with Gasteiger partial charge in [-0.1, -0.05) is 6.07 Å². The molecular formula is C15H19FN2S2. The average Bonchev–Trinajstić information content (AvgIpc) is 2.85. The number of nitrogens with one attached hydrogen (secondary N) is 1. The van der Waals surface area contributed by atoms with Crippen molar-refractivity contribution in [3.8, 4) is 0 Å². The van der Waals surface area contributed by atoms with Crippen molar-refractivity contribution in [2.24, 2.45) is 0 Å². The first kappa shape index (κ1) is 15.5. The van der Waals surface area contributed by atoms with Crippen LogP contribution in [0.5, 0.6) is 0 Å². The summed E-state index contributed by atoms with van der Waals surface area (Å²) in [6, 6.07) is 5.67. The fraction of sp³-hybridized carbons (Fsp3) is 0.400. The third-order valence-electron chi connectivity index (χ3n) is 3.18. The Morgan fingerprint density at radius 1 is 1.30 bits per heavy atom. The molecule has 1 N–H and O–H groups in total. The van der Waals surface area contributed by atoms with Gasteiger partial charge < -0.3 is 5.32 Å². The monoisotopic (exact) mass is 310 g/mol. The average molecular weight is 310 g/mol. The topological polar surface area (TPSA) is 24.9 Å². The van der Waals surface area contributed by atoms with Crippen LogP contribution in [-0.2, 0) is 0 Å². The normalized spacial score (nSPS) is 14.2. The maximum Gasteiger partial charge on any atom is 0.137 e. The predicted octanol–water partition coefficient (Wildman–Crippen LogP) is 4.72. The van der Waals surface area contributed by atoms with Crippen molar-refractivity contribution in [3.05, 3.63) is 45.7 Å². The summed E-state index contributed by atoms with van der Waals surface area (Å²) >= 11 is 3.08. The number of hydrogen-bond acceptors (Lipinski definition) is 4. The minimum Gasteiger partial charge on any atom is -0.302 e. The summed E-state index contributed by atoms with van der Waals surface area (Å²) in [5.74, 6) is -0.151. The Morgan fingerprint density at radius 3 is 2.60 bits per heavy atom. The zero-order chi connectivity index (χ0) is 14.7. The summed E-state index contributed by atoms with van der Waals surface area (Å²) in [5, 5.41) is 6.58. The van der Waals surface area contributed by atoms with E-state index in [1.54, 1.807) is 17.4 Å². The van der Waals surface area contributed by atoms with Crippen molar-refractivity contribution in [1.29, 1.82) is 0 Å². The lowest BCUT2D eigenvalue weighted by molar-refractivity contribution is 0.489. The van der Waals surface area contributed by atoms with E-state index >= 15 is 0 Å². The molecule has 0 aliphatic carbocycles. The number of aromatic nitrogens is 1. The van der Waals surface area contributed by atoms with E-state index in [0.29, 0.717) is 4.90 Å². The third kappa shape index (κ3) is 3.59. The second kappa shape index (κ2) is 6.70. The van der Waals surface area contributed by atoms with E-state index in [4.69, 9.17) is 0 Å². The standard InChI is InChI=1S/C15H19FN2S2/c1-9-8-20-15(17-9)11(3)18-10(2)12-5-6-14(19-4)13(16)7-12/h5-8,10-11,18H,1-4H3/t10-,11-/m1/s1. The molecule has 1 aromatic carbocycles. The molecule has 0 saturated heterocycles. The molecule has 0 unspecified atom stereocenters. The third-order valence-corrected chi connectivity index (χ3v) is 5.10. The van der Waals surface area contributed by atoms with Crippen molar-refractivity contribution in [3.63, 3.8) is 0 Å². The number of thioether (sulfide) groups is 1. The maximum absolute atomic E-state index is 13.8. The van der Waals surface area contributed by atoms with Crippen LogP contribution >= 0.6 is 23.1 Å². The van der Waals surface area contributed by atoms with Gasteiger partial charge in [-0.15, -0.1) is 23.1 Å². The van der Waals surface area contributed by atoms with E-state index in [1.807, 2.05) is 37.6 Å². The second-order valence-electron chi connectivity index (χ2n) is 4.83. The number of nitrogens with zero attached hydrogens (tertiary/aromatic N) is 1. The van der Waals surface area contributed by atoms with Crippen molar-refractivity contribution in [2.45, 2.75) is 37.8 Å². The van der Waals surface area contributed by atoms with Crippen LogP contribution in [0.1, 0.15) is 42.2 Å². The molecule has 2 aromatic rings. The fourth-order valence-corrected chi connectivity index (χ4v) is 3.34. The van der Waals surface area contributed by atoms with Gasteiger partial charge in [0, 0.05) is 22.0 Å². The number of rotatable bonds is 5. The van der Waals surface area contributed by atoms with E-state index in [0.717, 1.165) is 16.3 Å². The highest BCUT2D eigenvalue weighted by atomic mass is 32.2. The second-order valence-corrected chi connectivity index (χ2v) is 6.57. The fourth-order valence-electron chi connectivity index (χ4n) is 2.07. The van der Waals surface area contributed by atoms with E-state index in [2.05, 4.69) is 17.2 Å². The first-order chi connectivity index (χ1) is 9.51. The predicted molar refractivity (Wildman–Crippen MR) is 85.0 cm³/mol. The zero-order valence-electron chi connectivity index (χ0n) is 12.1. The van der Waals surface area contributed by atoms with Crippen molar-refractivity contribution >= 4 is 23.1 Å². The Hall–Kier alpha value is -0.910. The van der Waals surface area contributed by atoms with E-state index in [9.17, 15) is 4.39 Å². The molecule has 1 heterocycles. The highest BCUT2D eigenvalue weighted by molar-refractivity contribution is 7.98. The molecule has 108 valence electrons. The molecule has 20 heavy (non-hydrogen) atoms. The lowest BCUT2D eigenvalue weighted by Crippen LogP contribution is -2.22.